The van der Waals surface area contributed by atoms with E-state index in [9.17, 15) is 0 Å². The van der Waals surface area contributed by atoms with E-state index in [0.717, 1.165) is 53.1 Å². The number of piperidine rings is 2. The van der Waals surface area contributed by atoms with Crippen LogP contribution in [0.3, 0.4) is 0 Å². The maximum absolute atomic E-state index is 3.94. The third-order valence-corrected chi connectivity index (χ3v) is 10.1. The van der Waals surface area contributed by atoms with Gasteiger partial charge in [0.15, 0.2) is 0 Å². The summed E-state index contributed by atoms with van der Waals surface area (Å²) in [5.41, 5.74) is 0. The Balaban J connectivity index is 1.46. The summed E-state index contributed by atoms with van der Waals surface area (Å²) in [5.74, 6) is 5.32. The van der Waals surface area contributed by atoms with E-state index in [1.807, 2.05) is 4.90 Å². The van der Waals surface area contributed by atoms with Crippen molar-refractivity contribution < 1.29 is 4.90 Å². The van der Waals surface area contributed by atoms with Crippen LogP contribution in [0.15, 0.2) is 0 Å². The molecule has 4 heterocycles. The number of nitrogens with one attached hydrogen (secondary N) is 2. The molecule has 6 rings (SSSR count). The highest BCUT2D eigenvalue weighted by Crippen LogP contribution is 2.56. The second-order valence-corrected chi connectivity index (χ2v) is 10.5. The Hall–Kier alpha value is 0.230. The van der Waals surface area contributed by atoms with Crippen LogP contribution in [0.2, 0.25) is 0 Å². The van der Waals surface area contributed by atoms with Crippen molar-refractivity contribution in [2.75, 3.05) is 26.0 Å². The first-order valence-electron chi connectivity index (χ1n) is 10.3. The SMILES string of the molecule is C[NH+]1CCC2C3CCCCC3N3CCC4C5NCSC5C1C2C43. The van der Waals surface area contributed by atoms with Gasteiger partial charge in [0.05, 0.1) is 18.8 Å². The van der Waals surface area contributed by atoms with E-state index in [1.165, 1.54) is 51.1 Å². The molecule has 4 heteroatoms. The van der Waals surface area contributed by atoms with Crippen LogP contribution in [0.4, 0.5) is 0 Å². The summed E-state index contributed by atoms with van der Waals surface area (Å²) in [5, 5.41) is 4.84. The Labute approximate surface area is 144 Å². The third kappa shape index (κ3) is 1.79. The molecule has 128 valence electrons. The van der Waals surface area contributed by atoms with Crippen molar-refractivity contribution in [3.63, 3.8) is 0 Å². The molecular formula is C19H32N3S+. The molecule has 4 saturated heterocycles. The van der Waals surface area contributed by atoms with Crippen molar-refractivity contribution in [3.05, 3.63) is 0 Å². The second-order valence-electron chi connectivity index (χ2n) is 9.35. The maximum atomic E-state index is 3.94. The lowest BCUT2D eigenvalue weighted by molar-refractivity contribution is -0.919. The minimum atomic E-state index is 0.824. The van der Waals surface area contributed by atoms with Crippen molar-refractivity contribution >= 4 is 11.8 Å². The van der Waals surface area contributed by atoms with Crippen LogP contribution in [0.5, 0.6) is 0 Å². The molecular weight excluding hydrogens is 302 g/mol. The molecule has 2 saturated carbocycles. The van der Waals surface area contributed by atoms with Gasteiger partial charge in [-0.1, -0.05) is 12.8 Å². The number of quaternary nitrogens is 1. The van der Waals surface area contributed by atoms with E-state index < -0.39 is 0 Å². The summed E-state index contributed by atoms with van der Waals surface area (Å²) in [6, 6.07) is 3.66. The fourth-order valence-electron chi connectivity index (χ4n) is 8.20. The Bertz CT molecular complexity index is 499. The Kier molecular flexibility index (Phi) is 3.21. The van der Waals surface area contributed by atoms with Crippen LogP contribution in [-0.2, 0) is 0 Å². The molecule has 0 bridgehead atoms. The number of fused-ring (bicyclic) bond motifs is 6. The van der Waals surface area contributed by atoms with Crippen molar-refractivity contribution in [2.45, 2.75) is 67.9 Å². The minimum Gasteiger partial charge on any atom is -0.334 e. The van der Waals surface area contributed by atoms with Crippen LogP contribution in [-0.4, -0.2) is 60.3 Å². The molecule has 6 fully saturated rings. The van der Waals surface area contributed by atoms with E-state index in [0.29, 0.717) is 0 Å². The molecule has 10 atom stereocenters. The van der Waals surface area contributed by atoms with Crippen LogP contribution in [0, 0.1) is 23.7 Å². The lowest BCUT2D eigenvalue weighted by Gasteiger charge is -2.62. The number of rotatable bonds is 0. The van der Waals surface area contributed by atoms with E-state index >= 15 is 0 Å². The zero-order chi connectivity index (χ0) is 15.1. The molecule has 10 unspecified atom stereocenters. The van der Waals surface area contributed by atoms with Crippen molar-refractivity contribution in [1.29, 1.82) is 0 Å². The Morgan fingerprint density at radius 3 is 2.91 bits per heavy atom. The highest BCUT2D eigenvalue weighted by molar-refractivity contribution is 8.00. The first-order chi connectivity index (χ1) is 11.3. The fourth-order valence-corrected chi connectivity index (χ4v) is 9.80. The molecule has 0 amide bonds. The number of nitrogens with zero attached hydrogens (tertiary/aromatic N) is 1. The second kappa shape index (κ2) is 5.12. The van der Waals surface area contributed by atoms with Gasteiger partial charge in [-0.3, -0.25) is 4.90 Å². The van der Waals surface area contributed by atoms with Gasteiger partial charge in [0.2, 0.25) is 0 Å². The zero-order valence-electron chi connectivity index (χ0n) is 14.4. The number of hydrogen-bond acceptors (Lipinski definition) is 3. The molecule has 0 aromatic carbocycles. The van der Waals surface area contributed by atoms with Crippen molar-refractivity contribution in [3.8, 4) is 0 Å². The van der Waals surface area contributed by atoms with Gasteiger partial charge in [0.1, 0.15) is 6.04 Å². The average Bonchev–Trinajstić information content (AvgIpc) is 3.22. The molecule has 0 aromatic rings. The molecule has 4 aliphatic heterocycles. The normalized spacial score (nSPS) is 60.9. The first-order valence-corrected chi connectivity index (χ1v) is 11.3. The average molecular weight is 335 g/mol. The molecule has 2 N–H and O–H groups in total. The highest BCUT2D eigenvalue weighted by atomic mass is 32.2. The summed E-state index contributed by atoms with van der Waals surface area (Å²) in [7, 11) is 2.52. The summed E-state index contributed by atoms with van der Waals surface area (Å²) in [4.78, 5) is 4.94. The lowest BCUT2D eigenvalue weighted by atomic mass is 9.55. The van der Waals surface area contributed by atoms with Gasteiger partial charge >= 0.3 is 0 Å². The molecule has 0 aromatic heterocycles. The van der Waals surface area contributed by atoms with E-state index in [-0.39, 0.29) is 0 Å². The largest absolute Gasteiger partial charge is 0.334 e. The zero-order valence-corrected chi connectivity index (χ0v) is 15.2. The van der Waals surface area contributed by atoms with Crippen LogP contribution in [0.25, 0.3) is 0 Å². The summed E-state index contributed by atoms with van der Waals surface area (Å²) < 4.78 is 0. The quantitative estimate of drug-likeness (QED) is 0.684. The minimum absolute atomic E-state index is 0.824. The molecule has 0 spiro atoms. The van der Waals surface area contributed by atoms with Crippen LogP contribution >= 0.6 is 11.8 Å². The number of likely N-dealkylation sites (tertiary alicyclic amines) is 1. The predicted octanol–water partition coefficient (Wildman–Crippen LogP) is 0.813. The van der Waals surface area contributed by atoms with E-state index in [4.69, 9.17) is 0 Å². The van der Waals surface area contributed by atoms with E-state index in [2.05, 4.69) is 29.0 Å². The number of hydrogen-bond donors (Lipinski definition) is 2. The standard InChI is InChI=1S/C19H31N3S/c1-21-8-6-12-11-4-2-3-5-14(11)22-9-7-13-16-19(23-10-20-16)18(21)15(12)17(13)22/h11-20H,2-10H2,1H3/p+1. The molecule has 2 aliphatic carbocycles. The van der Waals surface area contributed by atoms with Crippen LogP contribution in [0.1, 0.15) is 38.5 Å². The van der Waals surface area contributed by atoms with Gasteiger partial charge in [-0.05, 0) is 43.6 Å². The molecule has 3 nitrogen and oxygen atoms in total. The summed E-state index contributed by atoms with van der Waals surface area (Å²) in [6.45, 7) is 2.86. The topological polar surface area (TPSA) is 19.7 Å². The van der Waals surface area contributed by atoms with E-state index in [1.54, 1.807) is 6.42 Å². The third-order valence-electron chi connectivity index (χ3n) is 8.81. The summed E-state index contributed by atoms with van der Waals surface area (Å²) >= 11 is 2.27. The van der Waals surface area contributed by atoms with Crippen molar-refractivity contribution in [1.82, 2.24) is 10.2 Å². The van der Waals surface area contributed by atoms with Gasteiger partial charge in [-0.2, -0.15) is 0 Å². The first kappa shape index (κ1) is 14.4. The van der Waals surface area contributed by atoms with Crippen LogP contribution < -0.4 is 10.2 Å². The van der Waals surface area contributed by atoms with Gasteiger partial charge in [-0.25, -0.2) is 0 Å². The predicted molar refractivity (Wildman–Crippen MR) is 94.7 cm³/mol. The maximum Gasteiger partial charge on any atom is 0.105 e. The van der Waals surface area contributed by atoms with Crippen molar-refractivity contribution in [2.24, 2.45) is 23.7 Å². The molecule has 23 heavy (non-hydrogen) atoms. The fraction of sp³-hybridized carbons (Fsp3) is 1.00. The number of thioether (sulfide) groups is 1. The monoisotopic (exact) mass is 334 g/mol. The van der Waals surface area contributed by atoms with Gasteiger partial charge in [0, 0.05) is 36.3 Å². The van der Waals surface area contributed by atoms with Gasteiger partial charge in [0.25, 0.3) is 0 Å². The summed E-state index contributed by atoms with van der Waals surface area (Å²) in [6.07, 6.45) is 9.09. The highest BCUT2D eigenvalue weighted by Gasteiger charge is 2.66. The Morgan fingerprint density at radius 2 is 1.96 bits per heavy atom. The Morgan fingerprint density at radius 1 is 1.04 bits per heavy atom. The molecule has 0 radical (unpaired) electrons. The smallest absolute Gasteiger partial charge is 0.105 e. The van der Waals surface area contributed by atoms with Gasteiger partial charge < -0.3 is 10.2 Å². The van der Waals surface area contributed by atoms with Gasteiger partial charge in [-0.15, -0.1) is 11.8 Å². The molecule has 6 aliphatic rings. The lowest BCUT2D eigenvalue weighted by Crippen LogP contribution is -3.17.